The van der Waals surface area contributed by atoms with Gasteiger partial charge in [0.2, 0.25) is 0 Å². The van der Waals surface area contributed by atoms with Gasteiger partial charge >= 0.3 is 6.18 Å². The van der Waals surface area contributed by atoms with Crippen LogP contribution in [0, 0.1) is 0 Å². The van der Waals surface area contributed by atoms with Crippen LogP contribution in [0.25, 0.3) is 0 Å². The maximum Gasteiger partial charge on any atom is 0.416 e. The van der Waals surface area contributed by atoms with Gasteiger partial charge in [-0.1, -0.05) is 26.8 Å². The Kier molecular flexibility index (Phi) is 4.63. The summed E-state index contributed by atoms with van der Waals surface area (Å²) >= 11 is 0. The molecule has 0 aliphatic rings. The number of hydrogen-bond donors (Lipinski definition) is 2. The zero-order valence-electron chi connectivity index (χ0n) is 11.5. The highest BCUT2D eigenvalue weighted by Crippen LogP contribution is 2.34. The minimum atomic E-state index is -4.34. The molecule has 0 heterocycles. The molecule has 0 spiro atoms. The van der Waals surface area contributed by atoms with Crippen LogP contribution >= 0.6 is 0 Å². The lowest BCUT2D eigenvalue weighted by Gasteiger charge is -2.22. The fourth-order valence-electron chi connectivity index (χ4n) is 1.79. The molecule has 0 fully saturated rings. The van der Waals surface area contributed by atoms with Crippen LogP contribution in [-0.4, -0.2) is 12.6 Å². The molecule has 0 saturated carbocycles. The van der Waals surface area contributed by atoms with Gasteiger partial charge in [0.15, 0.2) is 0 Å². The van der Waals surface area contributed by atoms with Crippen molar-refractivity contribution in [2.24, 2.45) is 11.5 Å². The van der Waals surface area contributed by atoms with Crippen LogP contribution in [0.5, 0.6) is 0 Å². The van der Waals surface area contributed by atoms with Crippen molar-refractivity contribution in [3.8, 4) is 0 Å². The Bertz CT molecular complexity index is 401. The van der Waals surface area contributed by atoms with E-state index in [4.69, 9.17) is 11.5 Å². The number of nitrogens with two attached hydrogens (primary N) is 2. The van der Waals surface area contributed by atoms with Crippen LogP contribution in [0.3, 0.4) is 0 Å². The third-order valence-electron chi connectivity index (χ3n) is 2.99. The lowest BCUT2D eigenvalue weighted by atomic mass is 9.84. The van der Waals surface area contributed by atoms with Gasteiger partial charge in [-0.05, 0) is 35.1 Å². The van der Waals surface area contributed by atoms with E-state index in [1.165, 1.54) is 6.07 Å². The van der Waals surface area contributed by atoms with Crippen molar-refractivity contribution in [3.05, 3.63) is 34.9 Å². The van der Waals surface area contributed by atoms with Gasteiger partial charge in [0.05, 0.1) is 5.56 Å². The van der Waals surface area contributed by atoms with E-state index < -0.39 is 11.7 Å². The molecular formula is C14H21F3N2. The second kappa shape index (κ2) is 5.51. The lowest BCUT2D eigenvalue weighted by Crippen LogP contribution is -2.32. The van der Waals surface area contributed by atoms with Crippen LogP contribution in [0.15, 0.2) is 18.2 Å². The second-order valence-corrected chi connectivity index (χ2v) is 5.87. The third kappa shape index (κ3) is 4.51. The van der Waals surface area contributed by atoms with Crippen LogP contribution < -0.4 is 11.5 Å². The number of rotatable bonds is 3. The fourth-order valence-corrected chi connectivity index (χ4v) is 1.79. The Morgan fingerprint density at radius 2 is 1.58 bits per heavy atom. The molecule has 5 heteroatoms. The Morgan fingerprint density at radius 1 is 1.05 bits per heavy atom. The molecule has 0 aromatic heterocycles. The Balaban J connectivity index is 3.25. The molecule has 0 saturated heterocycles. The first-order valence-electron chi connectivity index (χ1n) is 6.21. The molecule has 1 aromatic carbocycles. The first-order valence-corrected chi connectivity index (χ1v) is 6.21. The molecule has 0 aliphatic carbocycles. The van der Waals surface area contributed by atoms with E-state index in [1.807, 2.05) is 20.8 Å². The minimum Gasteiger partial charge on any atom is -0.329 e. The summed E-state index contributed by atoms with van der Waals surface area (Å²) in [5.41, 5.74) is 11.4. The van der Waals surface area contributed by atoms with Crippen molar-refractivity contribution in [2.75, 3.05) is 6.54 Å². The first-order chi connectivity index (χ1) is 8.54. The summed E-state index contributed by atoms with van der Waals surface area (Å²) in [6.07, 6.45) is -3.99. The molecule has 0 aliphatic heterocycles. The van der Waals surface area contributed by atoms with Crippen molar-refractivity contribution >= 4 is 0 Å². The third-order valence-corrected chi connectivity index (χ3v) is 2.99. The van der Waals surface area contributed by atoms with Gasteiger partial charge < -0.3 is 11.5 Å². The monoisotopic (exact) mass is 274 g/mol. The standard InChI is InChI=1S/C14H21F3N2/c1-13(2,3)10-4-9(6-12(19)8-18)5-11(7-10)14(15,16)17/h4-5,7,12H,6,8,18-19H2,1-3H3. The maximum absolute atomic E-state index is 12.9. The number of hydrogen-bond acceptors (Lipinski definition) is 2. The highest BCUT2D eigenvalue weighted by molar-refractivity contribution is 5.36. The van der Waals surface area contributed by atoms with Gasteiger partial charge in [-0.15, -0.1) is 0 Å². The summed E-state index contributed by atoms with van der Waals surface area (Å²) in [5, 5.41) is 0. The summed E-state index contributed by atoms with van der Waals surface area (Å²) in [4.78, 5) is 0. The van der Waals surface area contributed by atoms with Crippen LogP contribution in [0.2, 0.25) is 0 Å². The van der Waals surface area contributed by atoms with Gasteiger partial charge in [-0.25, -0.2) is 0 Å². The predicted octanol–water partition coefficient (Wildman–Crippen LogP) is 2.83. The van der Waals surface area contributed by atoms with E-state index in [0.717, 1.165) is 6.07 Å². The molecule has 19 heavy (non-hydrogen) atoms. The molecule has 4 N–H and O–H groups in total. The van der Waals surface area contributed by atoms with Gasteiger partial charge in [-0.3, -0.25) is 0 Å². The normalized spacial score (nSPS) is 14.5. The number of alkyl halides is 3. The summed E-state index contributed by atoms with van der Waals surface area (Å²) in [6, 6.07) is 3.82. The second-order valence-electron chi connectivity index (χ2n) is 5.87. The van der Waals surface area contributed by atoms with Crippen molar-refractivity contribution in [1.82, 2.24) is 0 Å². The fraction of sp³-hybridized carbons (Fsp3) is 0.571. The summed E-state index contributed by atoms with van der Waals surface area (Å²) in [6.45, 7) is 5.90. The predicted molar refractivity (Wildman–Crippen MR) is 70.9 cm³/mol. The van der Waals surface area contributed by atoms with Crippen molar-refractivity contribution in [1.29, 1.82) is 0 Å². The zero-order valence-corrected chi connectivity index (χ0v) is 11.5. The van der Waals surface area contributed by atoms with E-state index in [0.29, 0.717) is 17.5 Å². The van der Waals surface area contributed by atoms with Crippen LogP contribution in [-0.2, 0) is 18.0 Å². The molecule has 2 nitrogen and oxygen atoms in total. The van der Waals surface area contributed by atoms with E-state index in [-0.39, 0.29) is 18.0 Å². The zero-order chi connectivity index (χ0) is 14.8. The highest BCUT2D eigenvalue weighted by atomic mass is 19.4. The highest BCUT2D eigenvalue weighted by Gasteiger charge is 2.32. The molecule has 0 bridgehead atoms. The van der Waals surface area contributed by atoms with Gasteiger partial charge in [0, 0.05) is 12.6 Å². The van der Waals surface area contributed by atoms with E-state index in [2.05, 4.69) is 0 Å². The van der Waals surface area contributed by atoms with E-state index in [1.54, 1.807) is 6.07 Å². The lowest BCUT2D eigenvalue weighted by molar-refractivity contribution is -0.137. The first kappa shape index (κ1) is 16.0. The molecule has 0 amide bonds. The SMILES string of the molecule is CC(C)(C)c1cc(CC(N)CN)cc(C(F)(F)F)c1. The van der Waals surface area contributed by atoms with Crippen LogP contribution in [0.1, 0.15) is 37.5 Å². The van der Waals surface area contributed by atoms with Crippen molar-refractivity contribution < 1.29 is 13.2 Å². The van der Waals surface area contributed by atoms with Gasteiger partial charge in [0.1, 0.15) is 0 Å². The summed E-state index contributed by atoms with van der Waals surface area (Å²) in [5.74, 6) is 0. The number of halogens is 3. The van der Waals surface area contributed by atoms with Gasteiger partial charge in [0.25, 0.3) is 0 Å². The Morgan fingerprint density at radius 3 is 2.00 bits per heavy atom. The molecule has 1 atom stereocenters. The van der Waals surface area contributed by atoms with Crippen LogP contribution in [0.4, 0.5) is 13.2 Å². The summed E-state index contributed by atoms with van der Waals surface area (Å²) in [7, 11) is 0. The molecule has 1 rings (SSSR count). The quantitative estimate of drug-likeness (QED) is 0.890. The molecule has 0 radical (unpaired) electrons. The maximum atomic E-state index is 12.9. The average Bonchev–Trinajstić information content (AvgIpc) is 2.26. The molecular weight excluding hydrogens is 253 g/mol. The molecule has 1 aromatic rings. The largest absolute Gasteiger partial charge is 0.416 e. The van der Waals surface area contributed by atoms with E-state index >= 15 is 0 Å². The minimum absolute atomic E-state index is 0.251. The number of benzene rings is 1. The Hall–Kier alpha value is -1.07. The molecule has 1 unspecified atom stereocenters. The van der Waals surface area contributed by atoms with E-state index in [9.17, 15) is 13.2 Å². The topological polar surface area (TPSA) is 52.0 Å². The smallest absolute Gasteiger partial charge is 0.329 e. The van der Waals surface area contributed by atoms with Gasteiger partial charge in [-0.2, -0.15) is 13.2 Å². The van der Waals surface area contributed by atoms with Crippen molar-refractivity contribution in [3.63, 3.8) is 0 Å². The summed E-state index contributed by atoms with van der Waals surface area (Å²) < 4.78 is 38.7. The molecule has 108 valence electrons. The van der Waals surface area contributed by atoms with Crippen molar-refractivity contribution in [2.45, 2.75) is 44.8 Å². The Labute approximate surface area is 112 Å². The average molecular weight is 274 g/mol.